The van der Waals surface area contributed by atoms with Crippen LogP contribution in [-0.4, -0.2) is 0 Å². The van der Waals surface area contributed by atoms with Gasteiger partial charge in [-0.3, -0.25) is 0 Å². The standard InChI is InChI=1S/C13H14F3S.FH/c1-9(2)7-11-8-10-5-3-4-6-12(10)17(11)13(14,15)16;/h3-6,8-9H,7H2,1-2H3;1H/q+1;/p-1. The van der Waals surface area contributed by atoms with E-state index >= 15 is 0 Å². The summed E-state index contributed by atoms with van der Waals surface area (Å²) in [7, 11) is -1.72. The number of rotatable bonds is 2. The minimum atomic E-state index is -4.16. The highest BCUT2D eigenvalue weighted by atomic mass is 32.2. The largest absolute Gasteiger partial charge is 1.00 e. The summed E-state index contributed by atoms with van der Waals surface area (Å²) in [6, 6.07) is 8.53. The molecule has 0 amide bonds. The molecule has 1 atom stereocenters. The predicted molar refractivity (Wildman–Crippen MR) is 66.3 cm³/mol. The lowest BCUT2D eigenvalue weighted by Gasteiger charge is -2.02. The van der Waals surface area contributed by atoms with Crippen LogP contribution in [0.4, 0.5) is 13.2 Å². The van der Waals surface area contributed by atoms with Crippen LogP contribution in [0.2, 0.25) is 0 Å². The molecule has 0 aliphatic rings. The first-order valence-electron chi connectivity index (χ1n) is 5.50. The van der Waals surface area contributed by atoms with Crippen molar-refractivity contribution in [1.82, 2.24) is 0 Å². The highest BCUT2D eigenvalue weighted by molar-refractivity contribution is 7.38. The Bertz CT molecular complexity index is 525. The van der Waals surface area contributed by atoms with Crippen molar-refractivity contribution < 1.29 is 17.9 Å². The van der Waals surface area contributed by atoms with E-state index in [1.165, 1.54) is 0 Å². The molecule has 2 aromatic rings. The van der Waals surface area contributed by atoms with Crippen molar-refractivity contribution >= 4 is 20.6 Å². The van der Waals surface area contributed by atoms with E-state index in [2.05, 4.69) is 0 Å². The lowest BCUT2D eigenvalue weighted by molar-refractivity contribution is -0.0867. The molecule has 0 aliphatic carbocycles. The SMILES string of the molecule is CC(C)Cc1cc2ccccc2[s+]1C(F)(F)F.[F-]. The number of hydrogen-bond donors (Lipinski definition) is 0. The van der Waals surface area contributed by atoms with E-state index in [0.29, 0.717) is 16.0 Å². The molecule has 2 rings (SSSR count). The summed E-state index contributed by atoms with van der Waals surface area (Å²) in [5.41, 5.74) is -4.16. The molecule has 1 aromatic carbocycles. The third-order valence-electron chi connectivity index (χ3n) is 2.56. The molecule has 0 nitrogen and oxygen atoms in total. The molecule has 0 fully saturated rings. The summed E-state index contributed by atoms with van der Waals surface area (Å²) in [4.78, 5) is 0.522. The zero-order valence-corrected chi connectivity index (χ0v) is 10.9. The highest BCUT2D eigenvalue weighted by Gasteiger charge is 2.47. The maximum absolute atomic E-state index is 13.1. The van der Waals surface area contributed by atoms with Gasteiger partial charge >= 0.3 is 5.51 Å². The van der Waals surface area contributed by atoms with Crippen molar-refractivity contribution in [2.45, 2.75) is 25.8 Å². The van der Waals surface area contributed by atoms with Crippen LogP contribution >= 0.6 is 10.5 Å². The van der Waals surface area contributed by atoms with E-state index in [9.17, 15) is 13.2 Å². The van der Waals surface area contributed by atoms with Gasteiger partial charge in [0.25, 0.3) is 0 Å². The molecule has 0 radical (unpaired) electrons. The Balaban J connectivity index is 0.00000162. The van der Waals surface area contributed by atoms with E-state index in [0.717, 1.165) is 5.39 Å². The topological polar surface area (TPSA) is 0 Å². The second kappa shape index (κ2) is 5.26. The van der Waals surface area contributed by atoms with Gasteiger partial charge in [-0.05, 0) is 18.1 Å². The van der Waals surface area contributed by atoms with Gasteiger partial charge < -0.3 is 4.70 Å². The van der Waals surface area contributed by atoms with Gasteiger partial charge in [0.05, 0.1) is 10.5 Å². The van der Waals surface area contributed by atoms with Crippen LogP contribution in [0, 0.1) is 5.92 Å². The average Bonchev–Trinajstić information content (AvgIpc) is 2.53. The average molecular weight is 278 g/mol. The molecule has 0 aliphatic heterocycles. The first kappa shape index (κ1) is 15.0. The Kier molecular flexibility index (Phi) is 4.37. The third-order valence-corrected chi connectivity index (χ3v) is 4.64. The van der Waals surface area contributed by atoms with Crippen LogP contribution in [0.3, 0.4) is 0 Å². The van der Waals surface area contributed by atoms with Gasteiger partial charge in [-0.1, -0.05) is 26.0 Å². The van der Waals surface area contributed by atoms with Crippen molar-refractivity contribution in [3.8, 4) is 0 Å². The van der Waals surface area contributed by atoms with E-state index in [1.807, 2.05) is 13.8 Å². The van der Waals surface area contributed by atoms with Gasteiger partial charge in [0.15, 0.2) is 9.58 Å². The lowest BCUT2D eigenvalue weighted by atomic mass is 10.1. The minimum Gasteiger partial charge on any atom is -1.00 e. The van der Waals surface area contributed by atoms with Gasteiger partial charge in [-0.2, -0.15) is 0 Å². The number of hydrogen-bond acceptors (Lipinski definition) is 0. The lowest BCUT2D eigenvalue weighted by Crippen LogP contribution is -3.00. The zero-order valence-electron chi connectivity index (χ0n) is 10.1. The van der Waals surface area contributed by atoms with E-state index < -0.39 is 16.0 Å². The molecule has 0 saturated carbocycles. The number of thiophene rings is 1. The molecular formula is C13H14F4S. The van der Waals surface area contributed by atoms with Crippen LogP contribution in [0.15, 0.2) is 30.3 Å². The Labute approximate surface area is 106 Å². The normalized spacial score (nSPS) is 12.9. The van der Waals surface area contributed by atoms with Crippen LogP contribution in [0.1, 0.15) is 18.7 Å². The summed E-state index contributed by atoms with van der Waals surface area (Å²) in [5, 5.41) is 0.726. The second-order valence-corrected chi connectivity index (χ2v) is 6.54. The van der Waals surface area contributed by atoms with Crippen molar-refractivity contribution in [1.29, 1.82) is 0 Å². The second-order valence-electron chi connectivity index (χ2n) is 4.50. The van der Waals surface area contributed by atoms with Crippen molar-refractivity contribution in [2.75, 3.05) is 0 Å². The molecule has 1 heterocycles. The van der Waals surface area contributed by atoms with E-state index in [-0.39, 0.29) is 10.6 Å². The molecule has 100 valence electrons. The van der Waals surface area contributed by atoms with Crippen molar-refractivity contribution in [3.05, 3.63) is 35.2 Å². The Morgan fingerprint density at radius 1 is 1.17 bits per heavy atom. The fourth-order valence-corrected chi connectivity index (χ4v) is 4.13. The summed E-state index contributed by atoms with van der Waals surface area (Å²) < 4.78 is 39.8. The quantitative estimate of drug-likeness (QED) is 0.584. The molecule has 0 spiro atoms. The molecule has 1 unspecified atom stereocenters. The van der Waals surface area contributed by atoms with Crippen LogP contribution < -0.4 is 4.70 Å². The van der Waals surface area contributed by atoms with Gasteiger partial charge in [-0.15, -0.1) is 13.2 Å². The van der Waals surface area contributed by atoms with Gasteiger partial charge in [-0.25, -0.2) is 0 Å². The zero-order chi connectivity index (χ0) is 12.6. The monoisotopic (exact) mass is 278 g/mol. The fraction of sp³-hybridized carbons (Fsp3) is 0.385. The minimum absolute atomic E-state index is 0. The van der Waals surface area contributed by atoms with E-state index in [4.69, 9.17) is 0 Å². The van der Waals surface area contributed by atoms with Gasteiger partial charge in [0.1, 0.15) is 0 Å². The summed E-state index contributed by atoms with van der Waals surface area (Å²) >= 11 is 0. The predicted octanol–water partition coefficient (Wildman–Crippen LogP) is 2.27. The molecule has 1 aromatic heterocycles. The molecule has 0 N–H and O–H groups in total. The molecule has 0 saturated heterocycles. The molecule has 5 heteroatoms. The Morgan fingerprint density at radius 3 is 2.33 bits per heavy atom. The Morgan fingerprint density at radius 2 is 1.78 bits per heavy atom. The summed E-state index contributed by atoms with van der Waals surface area (Å²) in [6.45, 7) is 3.89. The maximum atomic E-state index is 13.1. The van der Waals surface area contributed by atoms with Crippen LogP contribution in [0.25, 0.3) is 10.1 Å². The number of benzene rings is 1. The number of fused-ring (bicyclic) bond motifs is 1. The van der Waals surface area contributed by atoms with Gasteiger partial charge in [0.2, 0.25) is 0 Å². The third kappa shape index (κ3) is 2.83. The van der Waals surface area contributed by atoms with Crippen molar-refractivity contribution in [3.63, 3.8) is 0 Å². The first-order valence-corrected chi connectivity index (χ1v) is 6.73. The molecule has 18 heavy (non-hydrogen) atoms. The van der Waals surface area contributed by atoms with Crippen LogP contribution in [-0.2, 0) is 11.9 Å². The fourth-order valence-electron chi connectivity index (χ4n) is 1.98. The van der Waals surface area contributed by atoms with Gasteiger partial charge in [0, 0.05) is 17.9 Å². The highest BCUT2D eigenvalue weighted by Crippen LogP contribution is 2.51. The maximum Gasteiger partial charge on any atom is 0.600 e. The molecule has 0 bridgehead atoms. The number of halogens is 4. The summed E-state index contributed by atoms with van der Waals surface area (Å²) in [5.74, 6) is 0.243. The van der Waals surface area contributed by atoms with Crippen molar-refractivity contribution in [2.24, 2.45) is 5.92 Å². The first-order chi connectivity index (χ1) is 7.89. The molecular weight excluding hydrogens is 264 g/mol. The van der Waals surface area contributed by atoms with Crippen LogP contribution in [0.5, 0.6) is 0 Å². The Hall–Kier alpha value is -1.10. The smallest absolute Gasteiger partial charge is 0.600 e. The number of alkyl halides is 3. The summed E-state index contributed by atoms with van der Waals surface area (Å²) in [6.07, 6.45) is 0.511. The van der Waals surface area contributed by atoms with E-state index in [1.54, 1.807) is 30.3 Å².